The molecule has 2 aromatic heterocycles. The second-order valence-electron chi connectivity index (χ2n) is 3.55. The van der Waals surface area contributed by atoms with Crippen molar-refractivity contribution < 1.29 is 14.7 Å². The summed E-state index contributed by atoms with van der Waals surface area (Å²) < 4.78 is 0. The lowest BCUT2D eigenvalue weighted by atomic mass is 10.2. The molecule has 2 N–H and O–H groups in total. The highest BCUT2D eigenvalue weighted by Gasteiger charge is 2.14. The molecule has 0 atom stereocenters. The van der Waals surface area contributed by atoms with Crippen LogP contribution in [0.3, 0.4) is 0 Å². The first-order valence-corrected chi connectivity index (χ1v) is 7.02. The molecule has 2 rings (SSSR count). The number of carbonyl (C=O) groups excluding carboxylic acids is 1. The van der Waals surface area contributed by atoms with Crippen LogP contribution in [0, 0.1) is 0 Å². The van der Waals surface area contributed by atoms with E-state index in [0.29, 0.717) is 9.88 Å². The fraction of sp³-hybridized carbons (Fsp3) is 0.167. The van der Waals surface area contributed by atoms with Gasteiger partial charge in [-0.1, -0.05) is 6.92 Å². The molecule has 0 saturated heterocycles. The number of carbonyl (C=O) groups is 2. The smallest absolute Gasteiger partial charge is 0.345 e. The molecule has 0 aliphatic rings. The second-order valence-corrected chi connectivity index (χ2v) is 5.55. The number of rotatable bonds is 4. The lowest BCUT2D eigenvalue weighted by Gasteiger charge is -2.02. The van der Waals surface area contributed by atoms with Crippen LogP contribution < -0.4 is 5.32 Å². The highest BCUT2D eigenvalue weighted by Crippen LogP contribution is 2.24. The number of amides is 1. The van der Waals surface area contributed by atoms with E-state index in [0.717, 1.165) is 23.3 Å². The summed E-state index contributed by atoms with van der Waals surface area (Å²) in [5.41, 5.74) is 1.01. The zero-order chi connectivity index (χ0) is 13.1. The van der Waals surface area contributed by atoms with E-state index in [4.69, 9.17) is 5.11 Å². The molecule has 0 bridgehead atoms. The van der Waals surface area contributed by atoms with E-state index in [1.807, 2.05) is 18.4 Å². The van der Waals surface area contributed by atoms with Gasteiger partial charge in [0.1, 0.15) is 4.88 Å². The zero-order valence-corrected chi connectivity index (χ0v) is 11.2. The maximum absolute atomic E-state index is 12.0. The van der Waals surface area contributed by atoms with Crippen LogP contribution in [0.5, 0.6) is 0 Å². The number of aromatic carboxylic acids is 1. The van der Waals surface area contributed by atoms with E-state index in [-0.39, 0.29) is 10.8 Å². The van der Waals surface area contributed by atoms with Crippen molar-refractivity contribution in [2.75, 3.05) is 5.32 Å². The Hall–Kier alpha value is -1.66. The maximum Gasteiger partial charge on any atom is 0.345 e. The summed E-state index contributed by atoms with van der Waals surface area (Å²) in [6.45, 7) is 1.99. The minimum absolute atomic E-state index is 0.180. The normalized spacial score (nSPS) is 10.3. The van der Waals surface area contributed by atoms with Gasteiger partial charge in [0, 0.05) is 0 Å². The largest absolute Gasteiger partial charge is 0.477 e. The molecule has 0 aliphatic carbocycles. The lowest BCUT2D eigenvalue weighted by Crippen LogP contribution is -2.10. The van der Waals surface area contributed by atoms with Gasteiger partial charge >= 0.3 is 5.97 Å². The topological polar surface area (TPSA) is 66.4 Å². The Labute approximate surface area is 112 Å². The van der Waals surface area contributed by atoms with E-state index >= 15 is 0 Å². The molecule has 0 unspecified atom stereocenters. The maximum atomic E-state index is 12.0. The predicted molar refractivity (Wildman–Crippen MR) is 72.9 cm³/mol. The molecule has 0 spiro atoms. The van der Waals surface area contributed by atoms with Gasteiger partial charge in [-0.3, -0.25) is 4.79 Å². The Kier molecular flexibility index (Phi) is 3.78. The van der Waals surface area contributed by atoms with Gasteiger partial charge in [-0.05, 0) is 35.6 Å². The quantitative estimate of drug-likeness (QED) is 0.903. The van der Waals surface area contributed by atoms with Crippen molar-refractivity contribution in [1.29, 1.82) is 0 Å². The standard InChI is InChI=1S/C12H11NO3S2/c1-2-7-5-6-17-10(7)11(14)13-9-4-3-8(18-9)12(15)16/h3-6H,2H2,1H3,(H,13,14)(H,15,16). The molecule has 6 heteroatoms. The van der Waals surface area contributed by atoms with Gasteiger partial charge in [-0.15, -0.1) is 22.7 Å². The Morgan fingerprint density at radius 2 is 2.11 bits per heavy atom. The molecule has 18 heavy (non-hydrogen) atoms. The zero-order valence-electron chi connectivity index (χ0n) is 9.60. The molecule has 94 valence electrons. The number of anilines is 1. The number of hydrogen-bond donors (Lipinski definition) is 2. The molecule has 0 radical (unpaired) electrons. The highest BCUT2D eigenvalue weighted by molar-refractivity contribution is 7.18. The van der Waals surface area contributed by atoms with Crippen molar-refractivity contribution >= 4 is 39.6 Å². The molecule has 0 aliphatic heterocycles. The number of carboxylic acids is 1. The van der Waals surface area contributed by atoms with E-state index in [9.17, 15) is 9.59 Å². The van der Waals surface area contributed by atoms with Gasteiger partial charge in [0.15, 0.2) is 0 Å². The van der Waals surface area contributed by atoms with Crippen LogP contribution in [-0.2, 0) is 6.42 Å². The Balaban J connectivity index is 2.13. The van der Waals surface area contributed by atoms with Crippen LogP contribution in [0.4, 0.5) is 5.00 Å². The molecular formula is C12H11NO3S2. The average Bonchev–Trinajstić information content (AvgIpc) is 2.96. The number of aryl methyl sites for hydroxylation is 1. The van der Waals surface area contributed by atoms with Crippen molar-refractivity contribution in [3.63, 3.8) is 0 Å². The third-order valence-electron chi connectivity index (χ3n) is 2.39. The van der Waals surface area contributed by atoms with E-state index in [2.05, 4.69) is 5.32 Å². The molecule has 0 fully saturated rings. The van der Waals surface area contributed by atoms with Gasteiger partial charge in [-0.2, -0.15) is 0 Å². The average molecular weight is 281 g/mol. The first-order valence-electron chi connectivity index (χ1n) is 5.32. The summed E-state index contributed by atoms with van der Waals surface area (Å²) in [5.74, 6) is -1.16. The molecule has 0 aromatic carbocycles. The van der Waals surface area contributed by atoms with Crippen molar-refractivity contribution in [2.45, 2.75) is 13.3 Å². The highest BCUT2D eigenvalue weighted by atomic mass is 32.1. The third-order valence-corrected chi connectivity index (χ3v) is 4.33. The van der Waals surface area contributed by atoms with Crippen LogP contribution in [0.25, 0.3) is 0 Å². The van der Waals surface area contributed by atoms with Gasteiger partial charge in [0.05, 0.1) is 9.88 Å². The van der Waals surface area contributed by atoms with Crippen molar-refractivity contribution in [3.05, 3.63) is 38.9 Å². The van der Waals surface area contributed by atoms with Crippen LogP contribution in [-0.4, -0.2) is 17.0 Å². The fourth-order valence-corrected chi connectivity index (χ4v) is 3.13. The number of nitrogens with one attached hydrogen (secondary N) is 1. The van der Waals surface area contributed by atoms with Gasteiger partial charge < -0.3 is 10.4 Å². The monoisotopic (exact) mass is 281 g/mol. The number of carboxylic acid groups (broad SMARTS) is 1. The lowest BCUT2D eigenvalue weighted by molar-refractivity contribution is 0.0702. The van der Waals surface area contributed by atoms with Crippen LogP contribution in [0.1, 0.15) is 31.8 Å². The van der Waals surface area contributed by atoms with Crippen molar-refractivity contribution in [3.8, 4) is 0 Å². The van der Waals surface area contributed by atoms with Gasteiger partial charge in [0.25, 0.3) is 5.91 Å². The summed E-state index contributed by atoms with van der Waals surface area (Å²) in [5, 5.41) is 13.9. The first kappa shape index (κ1) is 12.8. The van der Waals surface area contributed by atoms with E-state index in [1.54, 1.807) is 6.07 Å². The Morgan fingerprint density at radius 1 is 1.33 bits per heavy atom. The SMILES string of the molecule is CCc1ccsc1C(=O)Nc1ccc(C(=O)O)s1. The molecule has 2 aromatic rings. The van der Waals surface area contributed by atoms with Crippen molar-refractivity contribution in [1.82, 2.24) is 0 Å². The summed E-state index contributed by atoms with van der Waals surface area (Å²) >= 11 is 2.44. The summed E-state index contributed by atoms with van der Waals surface area (Å²) in [6.07, 6.45) is 0.803. The molecule has 2 heterocycles. The molecular weight excluding hydrogens is 270 g/mol. The van der Waals surface area contributed by atoms with E-state index < -0.39 is 5.97 Å². The van der Waals surface area contributed by atoms with Crippen LogP contribution >= 0.6 is 22.7 Å². The van der Waals surface area contributed by atoms with Crippen LogP contribution in [0.2, 0.25) is 0 Å². The predicted octanol–water partition coefficient (Wildman–Crippen LogP) is 3.32. The fourth-order valence-electron chi connectivity index (χ4n) is 1.50. The Bertz CT molecular complexity index is 586. The van der Waals surface area contributed by atoms with Crippen LogP contribution in [0.15, 0.2) is 23.6 Å². The first-order chi connectivity index (χ1) is 8.61. The Morgan fingerprint density at radius 3 is 2.72 bits per heavy atom. The van der Waals surface area contributed by atoms with Gasteiger partial charge in [-0.25, -0.2) is 4.79 Å². The number of thiophene rings is 2. The summed E-state index contributed by atoms with van der Waals surface area (Å²) in [4.78, 5) is 23.6. The summed E-state index contributed by atoms with van der Waals surface area (Å²) in [6, 6.07) is 5.01. The second kappa shape index (κ2) is 5.32. The number of hydrogen-bond acceptors (Lipinski definition) is 4. The molecule has 1 amide bonds. The minimum atomic E-state index is -0.981. The summed E-state index contributed by atoms with van der Waals surface area (Å²) in [7, 11) is 0. The molecule has 4 nitrogen and oxygen atoms in total. The minimum Gasteiger partial charge on any atom is -0.477 e. The van der Waals surface area contributed by atoms with Crippen molar-refractivity contribution in [2.24, 2.45) is 0 Å². The third kappa shape index (κ3) is 2.60. The van der Waals surface area contributed by atoms with Gasteiger partial charge in [0.2, 0.25) is 0 Å². The molecule has 0 saturated carbocycles. The van der Waals surface area contributed by atoms with E-state index in [1.165, 1.54) is 17.4 Å².